The average Bonchev–Trinajstić information content (AvgIpc) is 3.15. The Morgan fingerprint density at radius 3 is 2.46 bits per heavy atom. The number of esters is 1. The lowest BCUT2D eigenvalue weighted by Crippen LogP contribution is -2.29. The number of rotatable bonds is 7. The fourth-order valence-corrected chi connectivity index (χ4v) is 3.38. The number of nitrogens with one attached hydrogen (secondary N) is 1. The van der Waals surface area contributed by atoms with Crippen LogP contribution in [0.4, 0.5) is 0 Å². The predicted molar refractivity (Wildman–Crippen MR) is 107 cm³/mol. The van der Waals surface area contributed by atoms with Crippen molar-refractivity contribution in [3.05, 3.63) is 69.7 Å². The number of carbonyl (C=O) groups excluding carboxylic acids is 3. The summed E-state index contributed by atoms with van der Waals surface area (Å²) in [5.74, 6) is -1.04. The van der Waals surface area contributed by atoms with E-state index >= 15 is 0 Å². The number of hydrogen-bond acceptors (Lipinski definition) is 4. The Morgan fingerprint density at radius 2 is 1.71 bits per heavy atom. The Bertz CT molecular complexity index is 892. The van der Waals surface area contributed by atoms with E-state index in [-0.39, 0.29) is 24.7 Å². The summed E-state index contributed by atoms with van der Waals surface area (Å²) in [6, 6.07) is 12.1. The summed E-state index contributed by atoms with van der Waals surface area (Å²) in [5.41, 5.74) is 3.52. The lowest BCUT2D eigenvalue weighted by molar-refractivity contribution is -0.146. The largest absolute Gasteiger partial charge is 0.454 e. The molecule has 0 aliphatic heterocycles. The maximum absolute atomic E-state index is 12.5. The Kier molecular flexibility index (Phi) is 6.47. The summed E-state index contributed by atoms with van der Waals surface area (Å²) < 4.78 is 5.23. The number of amides is 1. The van der Waals surface area contributed by atoms with E-state index in [0.717, 1.165) is 19.3 Å². The summed E-state index contributed by atoms with van der Waals surface area (Å²) in [6.45, 7) is 1.69. The smallest absolute Gasteiger partial charge is 0.308 e. The van der Waals surface area contributed by atoms with Gasteiger partial charge in [-0.1, -0.05) is 23.7 Å². The van der Waals surface area contributed by atoms with Gasteiger partial charge in [-0.25, -0.2) is 0 Å². The van der Waals surface area contributed by atoms with Crippen LogP contribution in [-0.4, -0.2) is 30.3 Å². The van der Waals surface area contributed by atoms with E-state index in [2.05, 4.69) is 5.32 Å². The van der Waals surface area contributed by atoms with Gasteiger partial charge in [-0.15, -0.1) is 0 Å². The summed E-state index contributed by atoms with van der Waals surface area (Å²) in [6.07, 6.45) is 2.27. The molecule has 2 aromatic rings. The molecule has 0 unspecified atom stereocenters. The number of ketones is 1. The molecular formula is C22H22ClNO4. The number of fused-ring (bicyclic) bond motifs is 1. The molecule has 5 nitrogen and oxygen atoms in total. The van der Waals surface area contributed by atoms with Crippen molar-refractivity contribution in [1.82, 2.24) is 5.32 Å². The van der Waals surface area contributed by atoms with Crippen LogP contribution in [0.2, 0.25) is 5.02 Å². The zero-order valence-electron chi connectivity index (χ0n) is 15.7. The first-order valence-electron chi connectivity index (χ1n) is 9.33. The molecule has 3 rings (SSSR count). The van der Waals surface area contributed by atoms with Crippen molar-refractivity contribution >= 4 is 29.3 Å². The van der Waals surface area contributed by atoms with Gasteiger partial charge in [-0.05, 0) is 67.6 Å². The third-order valence-electron chi connectivity index (χ3n) is 4.78. The summed E-state index contributed by atoms with van der Waals surface area (Å²) >= 11 is 5.79. The summed E-state index contributed by atoms with van der Waals surface area (Å²) in [5, 5.41) is 3.19. The lowest BCUT2D eigenvalue weighted by atomic mass is 10.0. The molecule has 0 fully saturated rings. The van der Waals surface area contributed by atoms with Gasteiger partial charge in [0.1, 0.15) is 0 Å². The highest BCUT2D eigenvalue weighted by Crippen LogP contribution is 2.23. The van der Waals surface area contributed by atoms with Crippen molar-refractivity contribution in [2.75, 3.05) is 6.54 Å². The highest BCUT2D eigenvalue weighted by atomic mass is 35.5. The van der Waals surface area contributed by atoms with Gasteiger partial charge in [0.2, 0.25) is 5.78 Å². The van der Waals surface area contributed by atoms with Gasteiger partial charge in [-0.3, -0.25) is 14.4 Å². The quantitative estimate of drug-likeness (QED) is 0.568. The van der Waals surface area contributed by atoms with E-state index in [0.29, 0.717) is 16.1 Å². The van der Waals surface area contributed by atoms with Gasteiger partial charge in [-0.2, -0.15) is 0 Å². The average molecular weight is 400 g/mol. The van der Waals surface area contributed by atoms with Crippen LogP contribution in [0, 0.1) is 0 Å². The Labute approximate surface area is 169 Å². The van der Waals surface area contributed by atoms with Crippen molar-refractivity contribution < 1.29 is 19.1 Å². The molecule has 1 amide bonds. The Hall–Kier alpha value is -2.66. The molecule has 0 aromatic heterocycles. The molecule has 1 N–H and O–H groups in total. The zero-order chi connectivity index (χ0) is 20.1. The second kappa shape index (κ2) is 9.02. The molecule has 0 saturated carbocycles. The minimum absolute atomic E-state index is 0.0128. The second-order valence-electron chi connectivity index (χ2n) is 6.85. The fraction of sp³-hybridized carbons (Fsp3) is 0.318. The standard InChI is InChI=1S/C22H22ClNO4/c1-14(21(26)18-6-5-15-3-2-4-17(15)13-18)28-20(25)11-12-24-22(27)16-7-9-19(23)10-8-16/h5-10,13-14H,2-4,11-12H2,1H3,(H,24,27)/t14-/m0/s1. The van der Waals surface area contributed by atoms with Gasteiger partial charge in [0.05, 0.1) is 6.42 Å². The topological polar surface area (TPSA) is 72.5 Å². The monoisotopic (exact) mass is 399 g/mol. The number of hydrogen-bond donors (Lipinski definition) is 1. The molecule has 0 heterocycles. The maximum Gasteiger partial charge on any atom is 0.308 e. The van der Waals surface area contributed by atoms with Gasteiger partial charge in [0.25, 0.3) is 5.91 Å². The molecule has 28 heavy (non-hydrogen) atoms. The third-order valence-corrected chi connectivity index (χ3v) is 5.03. The summed E-state index contributed by atoms with van der Waals surface area (Å²) in [4.78, 5) is 36.5. The van der Waals surface area contributed by atoms with Crippen LogP contribution in [0.3, 0.4) is 0 Å². The number of Topliss-reactive ketones (excluding diaryl/α,β-unsaturated/α-hetero) is 1. The Morgan fingerprint density at radius 1 is 1.04 bits per heavy atom. The molecule has 0 radical (unpaired) electrons. The molecule has 2 aromatic carbocycles. The molecular weight excluding hydrogens is 378 g/mol. The van der Waals surface area contributed by atoms with E-state index in [1.807, 2.05) is 12.1 Å². The van der Waals surface area contributed by atoms with Crippen LogP contribution in [0.5, 0.6) is 0 Å². The normalized spacial score (nSPS) is 13.5. The SMILES string of the molecule is C[C@H](OC(=O)CCNC(=O)c1ccc(Cl)cc1)C(=O)c1ccc2c(c1)CCC2. The van der Waals surface area contributed by atoms with Crippen LogP contribution in [0.1, 0.15) is 51.6 Å². The van der Waals surface area contributed by atoms with Gasteiger partial charge < -0.3 is 10.1 Å². The van der Waals surface area contributed by atoms with E-state index in [1.165, 1.54) is 11.1 Å². The van der Waals surface area contributed by atoms with Crippen molar-refractivity contribution in [3.8, 4) is 0 Å². The molecule has 0 saturated heterocycles. The molecule has 146 valence electrons. The first kappa shape index (κ1) is 20.1. The van der Waals surface area contributed by atoms with E-state index in [1.54, 1.807) is 37.3 Å². The number of halogens is 1. The molecule has 1 aliphatic rings. The molecule has 1 atom stereocenters. The molecule has 6 heteroatoms. The fourth-order valence-electron chi connectivity index (χ4n) is 3.25. The van der Waals surface area contributed by atoms with Crippen molar-refractivity contribution in [2.24, 2.45) is 0 Å². The van der Waals surface area contributed by atoms with E-state index < -0.39 is 12.1 Å². The first-order chi connectivity index (χ1) is 13.4. The number of carbonyl (C=O) groups is 3. The number of aryl methyl sites for hydroxylation is 2. The Balaban J connectivity index is 1.45. The maximum atomic E-state index is 12.5. The summed E-state index contributed by atoms with van der Waals surface area (Å²) in [7, 11) is 0. The molecule has 1 aliphatic carbocycles. The van der Waals surface area contributed by atoms with Crippen LogP contribution in [0.25, 0.3) is 0 Å². The van der Waals surface area contributed by atoms with Crippen LogP contribution in [-0.2, 0) is 22.4 Å². The predicted octanol–water partition coefficient (Wildman–Crippen LogP) is 3.76. The number of ether oxygens (including phenoxy) is 1. The highest BCUT2D eigenvalue weighted by molar-refractivity contribution is 6.30. The number of benzene rings is 2. The van der Waals surface area contributed by atoms with Crippen LogP contribution < -0.4 is 5.32 Å². The van der Waals surface area contributed by atoms with Gasteiger partial charge in [0, 0.05) is 22.7 Å². The zero-order valence-corrected chi connectivity index (χ0v) is 16.4. The minimum atomic E-state index is -0.862. The minimum Gasteiger partial charge on any atom is -0.454 e. The lowest BCUT2D eigenvalue weighted by Gasteiger charge is -2.13. The first-order valence-corrected chi connectivity index (χ1v) is 9.71. The van der Waals surface area contributed by atoms with E-state index in [4.69, 9.17) is 16.3 Å². The second-order valence-corrected chi connectivity index (χ2v) is 7.28. The molecule has 0 spiro atoms. The highest BCUT2D eigenvalue weighted by Gasteiger charge is 2.21. The molecule has 0 bridgehead atoms. The van der Waals surface area contributed by atoms with E-state index in [9.17, 15) is 14.4 Å². The van der Waals surface area contributed by atoms with Crippen molar-refractivity contribution in [2.45, 2.75) is 38.7 Å². The van der Waals surface area contributed by atoms with Crippen molar-refractivity contribution in [3.63, 3.8) is 0 Å². The van der Waals surface area contributed by atoms with Gasteiger partial charge >= 0.3 is 5.97 Å². The third kappa shape index (κ3) is 4.98. The van der Waals surface area contributed by atoms with Crippen LogP contribution in [0.15, 0.2) is 42.5 Å². The van der Waals surface area contributed by atoms with Crippen molar-refractivity contribution in [1.29, 1.82) is 0 Å². The van der Waals surface area contributed by atoms with Gasteiger partial charge in [0.15, 0.2) is 6.10 Å². The van der Waals surface area contributed by atoms with Crippen LogP contribution >= 0.6 is 11.6 Å².